The van der Waals surface area contributed by atoms with Gasteiger partial charge in [-0.2, -0.15) is 8.78 Å². The maximum absolute atomic E-state index is 14.5. The fourth-order valence-electron chi connectivity index (χ4n) is 4.33. The average molecular weight is 510 g/mol. The number of amides is 2. The van der Waals surface area contributed by atoms with Gasteiger partial charge in [-0.25, -0.2) is 5.84 Å². The van der Waals surface area contributed by atoms with Crippen molar-refractivity contribution in [2.75, 3.05) is 20.1 Å². The number of nitrogens with two attached hydrogens (primary N) is 1. The van der Waals surface area contributed by atoms with Crippen molar-refractivity contribution in [3.8, 4) is 0 Å². The summed E-state index contributed by atoms with van der Waals surface area (Å²) in [6, 6.07) is 6.32. The van der Waals surface area contributed by atoms with E-state index in [1.54, 1.807) is 6.92 Å². The molecule has 1 aromatic carbocycles. The van der Waals surface area contributed by atoms with Crippen molar-refractivity contribution in [1.29, 1.82) is 0 Å². The maximum atomic E-state index is 14.5. The zero-order valence-electron chi connectivity index (χ0n) is 21.7. The summed E-state index contributed by atoms with van der Waals surface area (Å²) in [4.78, 5) is 44.6. The third-order valence-electron chi connectivity index (χ3n) is 6.17. The Bertz CT molecular complexity index is 906. The van der Waals surface area contributed by atoms with Gasteiger partial charge < -0.3 is 21.0 Å². The Labute approximate surface area is 212 Å². The van der Waals surface area contributed by atoms with Gasteiger partial charge in [0.2, 0.25) is 17.6 Å². The van der Waals surface area contributed by atoms with Crippen LogP contribution in [0.3, 0.4) is 0 Å². The second-order valence-electron chi connectivity index (χ2n) is 8.86. The SMILES string of the molecule is [2H]CN[C@@H](Cc1ccccc1)C(=O)N1CCC[C@H]1C(=O)NC(CCCN=CNN)C(=O)C(F)(F)CCC. The van der Waals surface area contributed by atoms with E-state index in [1.807, 2.05) is 30.3 Å². The smallest absolute Gasteiger partial charge is 0.307 e. The number of hydrogen-bond acceptors (Lipinski definition) is 6. The van der Waals surface area contributed by atoms with E-state index in [0.717, 1.165) is 5.56 Å². The molecule has 1 aliphatic heterocycles. The summed E-state index contributed by atoms with van der Waals surface area (Å²) >= 11 is 0. The Morgan fingerprint density at radius 1 is 1.31 bits per heavy atom. The third kappa shape index (κ3) is 8.34. The zero-order valence-corrected chi connectivity index (χ0v) is 20.7. The van der Waals surface area contributed by atoms with Crippen LogP contribution < -0.4 is 21.9 Å². The molecule has 1 aromatic rings. The molecule has 200 valence electrons. The topological polar surface area (TPSA) is 129 Å². The first-order valence-corrected chi connectivity index (χ1v) is 12.3. The molecule has 36 heavy (non-hydrogen) atoms. The van der Waals surface area contributed by atoms with Gasteiger partial charge in [0, 0.05) is 20.9 Å². The molecule has 0 saturated carbocycles. The Hall–Kier alpha value is -2.92. The minimum absolute atomic E-state index is 0.0243. The molecule has 0 radical (unpaired) electrons. The van der Waals surface area contributed by atoms with Gasteiger partial charge in [-0.05, 0) is 51.1 Å². The predicted octanol–water partition coefficient (Wildman–Crippen LogP) is 1.57. The van der Waals surface area contributed by atoms with Crippen LogP contribution in [0.25, 0.3) is 0 Å². The highest BCUT2D eigenvalue weighted by Crippen LogP contribution is 2.25. The number of ketones is 1. The van der Waals surface area contributed by atoms with Crippen LogP contribution in [0.2, 0.25) is 0 Å². The van der Waals surface area contributed by atoms with Crippen molar-refractivity contribution in [1.82, 2.24) is 21.0 Å². The number of aliphatic imine (C=N–C) groups is 1. The maximum Gasteiger partial charge on any atom is 0.307 e. The molecule has 1 aliphatic rings. The Morgan fingerprint density at radius 3 is 2.72 bits per heavy atom. The van der Waals surface area contributed by atoms with Crippen LogP contribution in [0.5, 0.6) is 0 Å². The number of carbonyl (C=O) groups is 3. The number of nitrogens with zero attached hydrogens (tertiary/aromatic N) is 2. The van der Waals surface area contributed by atoms with E-state index in [4.69, 9.17) is 7.21 Å². The summed E-state index contributed by atoms with van der Waals surface area (Å²) in [6.45, 7) is 2.12. The van der Waals surface area contributed by atoms with Gasteiger partial charge >= 0.3 is 5.92 Å². The molecular weight excluding hydrogens is 470 g/mol. The summed E-state index contributed by atoms with van der Waals surface area (Å²) in [6.07, 6.45) is 2.26. The lowest BCUT2D eigenvalue weighted by Crippen LogP contribution is -2.56. The molecular formula is C25H38F2N6O3. The highest BCUT2D eigenvalue weighted by molar-refractivity contribution is 5.96. The Morgan fingerprint density at radius 2 is 2.06 bits per heavy atom. The number of Topliss-reactive ketones (excluding diaryl/α,β-unsaturated/α-hetero) is 1. The summed E-state index contributed by atoms with van der Waals surface area (Å²) in [5.74, 6) is -0.766. The van der Waals surface area contributed by atoms with Crippen LogP contribution >= 0.6 is 0 Å². The average Bonchev–Trinajstić information content (AvgIpc) is 3.37. The zero-order chi connectivity index (χ0) is 27.3. The third-order valence-corrected chi connectivity index (χ3v) is 6.17. The van der Waals surface area contributed by atoms with E-state index < -0.39 is 42.2 Å². The monoisotopic (exact) mass is 509 g/mol. The van der Waals surface area contributed by atoms with Gasteiger partial charge in [0.05, 0.1) is 18.4 Å². The molecule has 0 aliphatic carbocycles. The number of alkyl halides is 2. The molecule has 0 bridgehead atoms. The minimum atomic E-state index is -3.57. The fraction of sp³-hybridized carbons (Fsp3) is 0.600. The standard InChI is InChI=1S/C25H38F2N6O3/c1-3-13-25(26,27)22(34)19(11-7-14-30-17-31-28)32-23(35)21-12-8-15-33(21)24(36)20(29-2)16-18-9-5-4-6-10-18/h4-6,9-10,17,19-21,29H,3,7-8,11-16,28H2,1-2H3,(H,30,31)(H,32,35)/t19?,20-,21-/m0/s1/i2D. The number of likely N-dealkylation sites (tertiary alicyclic amines) is 1. The molecule has 1 heterocycles. The van der Waals surface area contributed by atoms with Gasteiger partial charge in [-0.15, -0.1) is 0 Å². The molecule has 0 spiro atoms. The number of likely N-dealkylation sites (N-methyl/N-ethyl adjacent to an activating group) is 1. The molecule has 11 heteroatoms. The second kappa shape index (κ2) is 14.6. The molecule has 2 rings (SSSR count). The van der Waals surface area contributed by atoms with Crippen LogP contribution in [0.15, 0.2) is 35.3 Å². The highest BCUT2D eigenvalue weighted by atomic mass is 19.3. The lowest BCUT2D eigenvalue weighted by atomic mass is 9.98. The van der Waals surface area contributed by atoms with Gasteiger partial charge in [0.1, 0.15) is 6.04 Å². The molecule has 0 aromatic heterocycles. The van der Waals surface area contributed by atoms with Crippen molar-refractivity contribution in [2.24, 2.45) is 10.8 Å². The first-order chi connectivity index (χ1) is 17.7. The molecule has 9 nitrogen and oxygen atoms in total. The Balaban J connectivity index is 2.14. The predicted molar refractivity (Wildman–Crippen MR) is 134 cm³/mol. The fourth-order valence-corrected chi connectivity index (χ4v) is 4.33. The second-order valence-corrected chi connectivity index (χ2v) is 8.86. The highest BCUT2D eigenvalue weighted by Gasteiger charge is 2.44. The van der Waals surface area contributed by atoms with E-state index in [0.29, 0.717) is 25.8 Å². The normalized spacial score (nSPS) is 18.1. The largest absolute Gasteiger partial charge is 0.344 e. The van der Waals surface area contributed by atoms with Crippen molar-refractivity contribution in [3.05, 3.63) is 35.9 Å². The number of rotatable bonds is 15. The number of hydrazine groups is 1. The number of nitrogens with one attached hydrogen (secondary N) is 3. The van der Waals surface area contributed by atoms with Crippen molar-refractivity contribution in [3.63, 3.8) is 0 Å². The van der Waals surface area contributed by atoms with Crippen LogP contribution in [-0.2, 0) is 20.8 Å². The summed E-state index contributed by atoms with van der Waals surface area (Å²) in [7, 11) is -0.181. The molecule has 2 amide bonds. The first-order valence-electron chi connectivity index (χ1n) is 13.0. The molecule has 1 saturated heterocycles. The quantitative estimate of drug-likeness (QED) is 0.0934. The molecule has 5 N–H and O–H groups in total. The van der Waals surface area contributed by atoms with Crippen molar-refractivity contribution >= 4 is 23.9 Å². The van der Waals surface area contributed by atoms with E-state index in [1.165, 1.54) is 11.2 Å². The van der Waals surface area contributed by atoms with Crippen LogP contribution in [0, 0.1) is 0 Å². The summed E-state index contributed by atoms with van der Waals surface area (Å²) in [5.41, 5.74) is 3.14. The van der Waals surface area contributed by atoms with Crippen LogP contribution in [-0.4, -0.2) is 73.0 Å². The lowest BCUT2D eigenvalue weighted by Gasteiger charge is -2.30. The number of carbonyl (C=O) groups excluding carboxylic acids is 3. The van der Waals surface area contributed by atoms with Crippen molar-refractivity contribution in [2.45, 2.75) is 75.9 Å². The van der Waals surface area contributed by atoms with E-state index in [9.17, 15) is 23.2 Å². The first kappa shape index (κ1) is 27.7. The van der Waals surface area contributed by atoms with E-state index in [-0.39, 0.29) is 38.7 Å². The number of benzene rings is 1. The van der Waals surface area contributed by atoms with Crippen LogP contribution in [0.4, 0.5) is 8.78 Å². The lowest BCUT2D eigenvalue weighted by molar-refractivity contribution is -0.149. The minimum Gasteiger partial charge on any atom is -0.344 e. The van der Waals surface area contributed by atoms with Gasteiger partial charge in [0.25, 0.3) is 0 Å². The van der Waals surface area contributed by atoms with Gasteiger partial charge in [-0.3, -0.25) is 19.4 Å². The van der Waals surface area contributed by atoms with Gasteiger partial charge in [-0.1, -0.05) is 37.3 Å². The number of halogens is 2. The number of hydrogen-bond donors (Lipinski definition) is 4. The molecule has 1 unspecified atom stereocenters. The van der Waals surface area contributed by atoms with Crippen molar-refractivity contribution < 1.29 is 24.5 Å². The van der Waals surface area contributed by atoms with Crippen LogP contribution in [0.1, 0.15) is 52.4 Å². The van der Waals surface area contributed by atoms with E-state index in [2.05, 4.69) is 21.1 Å². The summed E-state index contributed by atoms with van der Waals surface area (Å²) < 4.78 is 36.5. The molecule has 1 fully saturated rings. The Kier molecular flexibility index (Phi) is 11.2. The van der Waals surface area contributed by atoms with E-state index >= 15 is 0 Å². The molecule has 3 atom stereocenters. The summed E-state index contributed by atoms with van der Waals surface area (Å²) in [5, 5.41) is 5.38. The van der Waals surface area contributed by atoms with Gasteiger partial charge in [0.15, 0.2) is 0 Å².